The van der Waals surface area contributed by atoms with Crippen LogP contribution in [-0.4, -0.2) is 88.1 Å². The van der Waals surface area contributed by atoms with Crippen LogP contribution in [0, 0.1) is 5.92 Å². The summed E-state index contributed by atoms with van der Waals surface area (Å²) >= 11 is 0. The first-order valence-electron chi connectivity index (χ1n) is 16.2. The Hall–Kier alpha value is -3.91. The molecular weight excluding hydrogens is 600 g/mol. The van der Waals surface area contributed by atoms with Gasteiger partial charge in [-0.25, -0.2) is 8.78 Å². The maximum absolute atomic E-state index is 13.2. The number of nitrogens with zero attached hydrogens (tertiary/aromatic N) is 4. The number of carbonyl (C=O) groups excluding carboxylic acids is 4. The number of aromatic nitrogens is 2. The quantitative estimate of drug-likeness (QED) is 0.247. The molecule has 14 heteroatoms. The third-order valence-electron chi connectivity index (χ3n) is 9.70. The van der Waals surface area contributed by atoms with E-state index >= 15 is 0 Å². The van der Waals surface area contributed by atoms with Crippen molar-refractivity contribution in [2.24, 2.45) is 5.92 Å². The van der Waals surface area contributed by atoms with Crippen molar-refractivity contribution in [3.8, 4) is 0 Å². The Morgan fingerprint density at radius 2 is 1.78 bits per heavy atom. The van der Waals surface area contributed by atoms with Crippen LogP contribution in [0.25, 0.3) is 0 Å². The van der Waals surface area contributed by atoms with Gasteiger partial charge in [0.2, 0.25) is 11.8 Å². The summed E-state index contributed by atoms with van der Waals surface area (Å²) < 4.78 is 33.9. The SMILES string of the molecule is Nc1cn([C@H]2CC[C@H](CN3CCC(OCCCNc4cccc5c4C(=O)N(C4CCC(=O)NC4=O)C5=O)CC3)CC2)nc1C(F)F. The molecule has 1 aliphatic carbocycles. The first-order chi connectivity index (χ1) is 22.2. The lowest BCUT2D eigenvalue weighted by molar-refractivity contribution is -0.136. The average molecular weight is 642 g/mol. The summed E-state index contributed by atoms with van der Waals surface area (Å²) in [6.07, 6.45) is 5.83. The summed E-state index contributed by atoms with van der Waals surface area (Å²) in [5.41, 5.74) is 6.50. The van der Waals surface area contributed by atoms with Crippen LogP contribution in [0.15, 0.2) is 24.4 Å². The molecule has 2 aromatic rings. The maximum Gasteiger partial charge on any atom is 0.284 e. The number of benzene rings is 1. The van der Waals surface area contributed by atoms with Gasteiger partial charge in [-0.2, -0.15) is 5.10 Å². The third kappa shape index (κ3) is 6.77. The summed E-state index contributed by atoms with van der Waals surface area (Å²) in [5.74, 6) is -1.50. The minimum atomic E-state index is -2.65. The number of rotatable bonds is 11. The Labute approximate surface area is 266 Å². The van der Waals surface area contributed by atoms with E-state index in [-0.39, 0.29) is 47.5 Å². The zero-order chi connectivity index (χ0) is 32.4. The highest BCUT2D eigenvalue weighted by Crippen LogP contribution is 2.35. The van der Waals surface area contributed by atoms with Crippen molar-refractivity contribution in [1.82, 2.24) is 24.9 Å². The molecule has 1 aromatic carbocycles. The summed E-state index contributed by atoms with van der Waals surface area (Å²) in [6, 6.07) is 4.16. The van der Waals surface area contributed by atoms with Crippen LogP contribution in [-0.2, 0) is 14.3 Å². The second-order valence-corrected chi connectivity index (χ2v) is 12.8. The molecule has 3 fully saturated rings. The number of nitrogens with one attached hydrogen (secondary N) is 2. The number of halogens is 2. The van der Waals surface area contributed by atoms with E-state index in [1.165, 1.54) is 0 Å². The van der Waals surface area contributed by atoms with Gasteiger partial charge in [0.15, 0.2) is 5.69 Å². The molecule has 0 radical (unpaired) electrons. The van der Waals surface area contributed by atoms with E-state index < -0.39 is 36.1 Å². The highest BCUT2D eigenvalue weighted by Gasteiger charge is 2.45. The molecule has 248 valence electrons. The minimum Gasteiger partial charge on any atom is -0.396 e. The molecule has 2 saturated heterocycles. The Balaban J connectivity index is 0.889. The van der Waals surface area contributed by atoms with Gasteiger partial charge < -0.3 is 20.7 Å². The first-order valence-corrected chi connectivity index (χ1v) is 16.2. The number of amides is 4. The maximum atomic E-state index is 13.2. The van der Waals surface area contributed by atoms with Crippen LogP contribution in [0.4, 0.5) is 20.2 Å². The topological polar surface area (TPSA) is 152 Å². The van der Waals surface area contributed by atoms with Crippen molar-refractivity contribution >= 4 is 35.0 Å². The van der Waals surface area contributed by atoms with Gasteiger partial charge in [-0.15, -0.1) is 0 Å². The Morgan fingerprint density at radius 3 is 2.48 bits per heavy atom. The summed E-state index contributed by atoms with van der Waals surface area (Å²) in [7, 11) is 0. The van der Waals surface area contributed by atoms with Crippen molar-refractivity contribution in [3.05, 3.63) is 41.2 Å². The molecule has 1 unspecified atom stereocenters. The predicted molar refractivity (Wildman–Crippen MR) is 164 cm³/mol. The van der Waals surface area contributed by atoms with Crippen LogP contribution in [0.3, 0.4) is 0 Å². The summed E-state index contributed by atoms with van der Waals surface area (Å²) in [4.78, 5) is 53.6. The Kier molecular flexibility index (Phi) is 9.64. The van der Waals surface area contributed by atoms with Gasteiger partial charge in [0, 0.05) is 51.1 Å². The number of nitrogens with two attached hydrogens (primary N) is 1. The van der Waals surface area contributed by atoms with Crippen molar-refractivity contribution in [3.63, 3.8) is 0 Å². The zero-order valence-electron chi connectivity index (χ0n) is 25.8. The van der Waals surface area contributed by atoms with Crippen LogP contribution < -0.4 is 16.4 Å². The number of alkyl halides is 2. The molecule has 6 rings (SSSR count). The molecule has 1 atom stereocenters. The molecule has 1 aromatic heterocycles. The number of ether oxygens (including phenoxy) is 1. The van der Waals surface area contributed by atoms with E-state index in [2.05, 4.69) is 20.6 Å². The molecule has 4 amide bonds. The molecule has 4 N–H and O–H groups in total. The number of anilines is 2. The number of hydrogen-bond acceptors (Lipinski definition) is 9. The van der Waals surface area contributed by atoms with Gasteiger partial charge in [0.05, 0.1) is 29.0 Å². The number of imide groups is 2. The number of piperidine rings is 2. The van der Waals surface area contributed by atoms with Crippen LogP contribution in [0.2, 0.25) is 0 Å². The molecule has 4 aliphatic rings. The highest BCUT2D eigenvalue weighted by atomic mass is 19.3. The van der Waals surface area contributed by atoms with Gasteiger partial charge in [0.25, 0.3) is 18.2 Å². The molecule has 46 heavy (non-hydrogen) atoms. The summed E-state index contributed by atoms with van der Waals surface area (Å²) in [5, 5.41) is 9.52. The summed E-state index contributed by atoms with van der Waals surface area (Å²) in [6.45, 7) is 4.11. The smallest absolute Gasteiger partial charge is 0.284 e. The normalized spacial score (nSPS) is 24.5. The third-order valence-corrected chi connectivity index (χ3v) is 9.70. The van der Waals surface area contributed by atoms with Gasteiger partial charge >= 0.3 is 0 Å². The monoisotopic (exact) mass is 641 g/mol. The largest absolute Gasteiger partial charge is 0.396 e. The van der Waals surface area contributed by atoms with E-state index in [9.17, 15) is 28.0 Å². The number of carbonyl (C=O) groups is 4. The molecular formula is C32H41F2N7O5. The lowest BCUT2D eigenvalue weighted by Gasteiger charge is -2.36. The average Bonchev–Trinajstić information content (AvgIpc) is 3.55. The number of likely N-dealkylation sites (tertiary alicyclic amines) is 1. The minimum absolute atomic E-state index is 0.0621. The van der Waals surface area contributed by atoms with Gasteiger partial charge in [-0.1, -0.05) is 6.07 Å². The second kappa shape index (κ2) is 13.8. The number of fused-ring (bicyclic) bond motifs is 1. The fourth-order valence-corrected chi connectivity index (χ4v) is 7.20. The zero-order valence-corrected chi connectivity index (χ0v) is 25.8. The van der Waals surface area contributed by atoms with Crippen LogP contribution in [0.5, 0.6) is 0 Å². The molecule has 0 spiro atoms. The van der Waals surface area contributed by atoms with E-state index in [0.717, 1.165) is 63.1 Å². The van der Waals surface area contributed by atoms with Crippen LogP contribution >= 0.6 is 0 Å². The second-order valence-electron chi connectivity index (χ2n) is 12.8. The fourth-order valence-electron chi connectivity index (χ4n) is 7.20. The molecule has 0 bridgehead atoms. The van der Waals surface area contributed by atoms with E-state index in [0.29, 0.717) is 31.2 Å². The van der Waals surface area contributed by atoms with Crippen molar-refractivity contribution in [2.75, 3.05) is 43.8 Å². The first kappa shape index (κ1) is 32.0. The standard InChI is InChI=1S/C32H41F2N7O5/c33-29(34)28-23(35)18-40(38-28)20-7-5-19(6-8-20)17-39-14-11-21(12-15-39)46-16-2-13-36-24-4-1-3-22-27(24)32(45)41(31(22)44)25-9-10-26(42)37-30(25)43/h1,3-4,18-21,25,29,36H,2,5-17,35H2,(H,37,42,43)/t19-,20-,25?. The highest BCUT2D eigenvalue weighted by molar-refractivity contribution is 6.25. The molecule has 1 saturated carbocycles. The number of nitrogen functional groups attached to an aromatic ring is 1. The van der Waals surface area contributed by atoms with Crippen molar-refractivity contribution < 1.29 is 32.7 Å². The van der Waals surface area contributed by atoms with E-state index in [4.69, 9.17) is 10.5 Å². The Morgan fingerprint density at radius 1 is 1.02 bits per heavy atom. The van der Waals surface area contributed by atoms with Crippen molar-refractivity contribution in [2.45, 2.75) is 82.4 Å². The molecule has 4 heterocycles. The van der Waals surface area contributed by atoms with E-state index in [1.54, 1.807) is 29.1 Å². The van der Waals surface area contributed by atoms with Gasteiger partial charge in [-0.05, 0) is 69.4 Å². The van der Waals surface area contributed by atoms with Gasteiger partial charge in [-0.3, -0.25) is 34.1 Å². The van der Waals surface area contributed by atoms with Crippen LogP contribution in [0.1, 0.15) is 96.7 Å². The van der Waals surface area contributed by atoms with E-state index in [1.807, 2.05) is 0 Å². The lowest BCUT2D eigenvalue weighted by Crippen LogP contribution is -2.54. The molecule has 12 nitrogen and oxygen atoms in total. The van der Waals surface area contributed by atoms with Gasteiger partial charge in [0.1, 0.15) is 6.04 Å². The Bertz CT molecular complexity index is 1470. The fraction of sp³-hybridized carbons (Fsp3) is 0.594. The predicted octanol–water partition coefficient (Wildman–Crippen LogP) is 3.52. The number of hydrogen-bond donors (Lipinski definition) is 3. The lowest BCUT2D eigenvalue weighted by atomic mass is 9.85. The van der Waals surface area contributed by atoms with Crippen molar-refractivity contribution in [1.29, 1.82) is 0 Å². The molecule has 3 aliphatic heterocycles.